The van der Waals surface area contributed by atoms with Crippen LogP contribution in [0.1, 0.15) is 18.6 Å². The van der Waals surface area contributed by atoms with Crippen molar-refractivity contribution in [1.29, 1.82) is 0 Å². The third-order valence-corrected chi connectivity index (χ3v) is 3.69. The Balaban J connectivity index is 2.53. The molecule has 0 aliphatic carbocycles. The van der Waals surface area contributed by atoms with Gasteiger partial charge in [-0.15, -0.1) is 0 Å². The highest BCUT2D eigenvalue weighted by atomic mass is 32.2. The van der Waals surface area contributed by atoms with Crippen molar-refractivity contribution >= 4 is 9.84 Å². The molecule has 0 bridgehead atoms. The second kappa shape index (κ2) is 4.55. The first-order valence-corrected chi connectivity index (χ1v) is 7.31. The predicted octanol–water partition coefficient (Wildman–Crippen LogP) is 1.33. The van der Waals surface area contributed by atoms with E-state index in [1.54, 1.807) is 19.1 Å². The molecule has 2 rings (SSSR count). The first-order valence-electron chi connectivity index (χ1n) is 5.41. The SMILES string of the molecule is C[C@@H](O)c1ccccc1-n1cc(S(C)(=O)=O)cn1. The first-order chi connectivity index (χ1) is 8.39. The number of aliphatic hydroxyl groups is 1. The van der Waals surface area contributed by atoms with E-state index in [4.69, 9.17) is 0 Å². The van der Waals surface area contributed by atoms with E-state index in [1.807, 2.05) is 12.1 Å². The zero-order valence-corrected chi connectivity index (χ0v) is 10.9. The predicted molar refractivity (Wildman–Crippen MR) is 67.3 cm³/mol. The molecule has 1 aromatic heterocycles. The van der Waals surface area contributed by atoms with E-state index < -0.39 is 15.9 Å². The second-order valence-electron chi connectivity index (χ2n) is 4.13. The van der Waals surface area contributed by atoms with Crippen LogP contribution in [-0.2, 0) is 9.84 Å². The van der Waals surface area contributed by atoms with Crippen molar-refractivity contribution in [3.05, 3.63) is 42.2 Å². The third-order valence-electron chi connectivity index (χ3n) is 2.62. The van der Waals surface area contributed by atoms with Crippen molar-refractivity contribution in [2.24, 2.45) is 0 Å². The van der Waals surface area contributed by atoms with E-state index in [-0.39, 0.29) is 4.90 Å². The minimum atomic E-state index is -3.27. The van der Waals surface area contributed by atoms with E-state index in [2.05, 4.69) is 5.10 Å². The molecular weight excluding hydrogens is 252 g/mol. The molecule has 2 aromatic rings. The van der Waals surface area contributed by atoms with Crippen LogP contribution in [0.5, 0.6) is 0 Å². The number of benzene rings is 1. The lowest BCUT2D eigenvalue weighted by Gasteiger charge is -2.11. The summed E-state index contributed by atoms with van der Waals surface area (Å²) in [5, 5.41) is 13.7. The largest absolute Gasteiger partial charge is 0.389 e. The minimum absolute atomic E-state index is 0.155. The zero-order chi connectivity index (χ0) is 13.3. The molecule has 1 atom stereocenters. The average Bonchev–Trinajstić information content (AvgIpc) is 2.77. The topological polar surface area (TPSA) is 72.2 Å². The van der Waals surface area contributed by atoms with Gasteiger partial charge in [0.2, 0.25) is 0 Å². The summed E-state index contributed by atoms with van der Waals surface area (Å²) < 4.78 is 24.2. The number of aromatic nitrogens is 2. The lowest BCUT2D eigenvalue weighted by molar-refractivity contribution is 0.199. The van der Waals surface area contributed by atoms with Crippen LogP contribution in [0.2, 0.25) is 0 Å². The minimum Gasteiger partial charge on any atom is -0.389 e. The monoisotopic (exact) mass is 266 g/mol. The summed E-state index contributed by atoms with van der Waals surface area (Å²) in [7, 11) is -3.27. The Morgan fingerprint density at radius 2 is 2.00 bits per heavy atom. The van der Waals surface area contributed by atoms with Gasteiger partial charge >= 0.3 is 0 Å². The van der Waals surface area contributed by atoms with Gasteiger partial charge in [-0.3, -0.25) is 0 Å². The third kappa shape index (κ3) is 2.44. The Kier molecular flexibility index (Phi) is 3.23. The fourth-order valence-corrected chi connectivity index (χ4v) is 2.21. The first kappa shape index (κ1) is 12.8. The van der Waals surface area contributed by atoms with Gasteiger partial charge in [0.25, 0.3) is 0 Å². The molecule has 0 radical (unpaired) electrons. The molecule has 0 saturated heterocycles. The highest BCUT2D eigenvalue weighted by molar-refractivity contribution is 7.90. The fraction of sp³-hybridized carbons (Fsp3) is 0.250. The number of para-hydroxylation sites is 1. The number of hydrogen-bond acceptors (Lipinski definition) is 4. The molecule has 0 spiro atoms. The van der Waals surface area contributed by atoms with Crippen molar-refractivity contribution in [3.63, 3.8) is 0 Å². The summed E-state index contributed by atoms with van der Waals surface area (Å²) in [6, 6.07) is 7.18. The molecule has 5 nitrogen and oxygen atoms in total. The molecule has 0 fully saturated rings. The van der Waals surface area contributed by atoms with Crippen LogP contribution in [0, 0.1) is 0 Å². The van der Waals surface area contributed by atoms with Gasteiger partial charge in [-0.25, -0.2) is 13.1 Å². The van der Waals surface area contributed by atoms with Gasteiger partial charge in [0, 0.05) is 18.0 Å². The second-order valence-corrected chi connectivity index (χ2v) is 6.14. The standard InChI is InChI=1S/C12H14N2O3S/c1-9(15)11-5-3-4-6-12(11)14-8-10(7-13-14)18(2,16)17/h3-9,15H,1-2H3/t9-/m1/s1. The highest BCUT2D eigenvalue weighted by Crippen LogP contribution is 2.21. The van der Waals surface area contributed by atoms with Crippen LogP contribution in [0.25, 0.3) is 5.69 Å². The Labute approximate surface area is 106 Å². The van der Waals surface area contributed by atoms with Crippen LogP contribution < -0.4 is 0 Å². The Morgan fingerprint density at radius 3 is 2.56 bits per heavy atom. The molecule has 1 heterocycles. The smallest absolute Gasteiger partial charge is 0.178 e. The molecule has 96 valence electrons. The summed E-state index contributed by atoms with van der Waals surface area (Å²) in [6.07, 6.45) is 3.23. The van der Waals surface area contributed by atoms with Gasteiger partial charge in [-0.2, -0.15) is 5.10 Å². The lowest BCUT2D eigenvalue weighted by Crippen LogP contribution is -2.02. The fourth-order valence-electron chi connectivity index (χ4n) is 1.68. The number of aliphatic hydroxyl groups excluding tert-OH is 1. The van der Waals surface area contributed by atoms with Crippen molar-refractivity contribution in [1.82, 2.24) is 9.78 Å². The molecule has 0 saturated carbocycles. The highest BCUT2D eigenvalue weighted by Gasteiger charge is 2.13. The van der Waals surface area contributed by atoms with Gasteiger partial charge in [-0.1, -0.05) is 18.2 Å². The van der Waals surface area contributed by atoms with Crippen molar-refractivity contribution in [3.8, 4) is 5.69 Å². The van der Waals surface area contributed by atoms with Gasteiger partial charge in [0.15, 0.2) is 9.84 Å². The molecule has 0 unspecified atom stereocenters. The summed E-state index contributed by atoms with van der Waals surface area (Å²) in [6.45, 7) is 1.65. The maximum Gasteiger partial charge on any atom is 0.178 e. The van der Waals surface area contributed by atoms with Crippen LogP contribution in [0.4, 0.5) is 0 Å². The van der Waals surface area contributed by atoms with Crippen LogP contribution in [-0.4, -0.2) is 29.6 Å². The van der Waals surface area contributed by atoms with E-state index in [1.165, 1.54) is 17.1 Å². The molecule has 0 aliphatic heterocycles. The quantitative estimate of drug-likeness (QED) is 0.909. The van der Waals surface area contributed by atoms with E-state index in [9.17, 15) is 13.5 Å². The molecule has 18 heavy (non-hydrogen) atoms. The molecule has 0 aliphatic rings. The Bertz CT molecular complexity index is 659. The maximum atomic E-state index is 11.4. The molecular formula is C12H14N2O3S. The number of hydrogen-bond donors (Lipinski definition) is 1. The van der Waals surface area contributed by atoms with Crippen molar-refractivity contribution < 1.29 is 13.5 Å². The van der Waals surface area contributed by atoms with Gasteiger partial charge in [0.05, 0.1) is 18.0 Å². The molecule has 1 aromatic carbocycles. The lowest BCUT2D eigenvalue weighted by atomic mass is 10.1. The molecule has 1 N–H and O–H groups in total. The van der Waals surface area contributed by atoms with Gasteiger partial charge in [-0.05, 0) is 13.0 Å². The average molecular weight is 266 g/mol. The summed E-state index contributed by atoms with van der Waals surface area (Å²) in [5.41, 5.74) is 1.36. The van der Waals surface area contributed by atoms with Gasteiger partial charge < -0.3 is 5.11 Å². The number of rotatable bonds is 3. The van der Waals surface area contributed by atoms with Crippen molar-refractivity contribution in [2.75, 3.05) is 6.26 Å². The number of nitrogens with zero attached hydrogens (tertiary/aromatic N) is 2. The normalized spacial score (nSPS) is 13.5. The van der Waals surface area contributed by atoms with Crippen LogP contribution >= 0.6 is 0 Å². The molecule has 0 amide bonds. The van der Waals surface area contributed by atoms with Crippen molar-refractivity contribution in [2.45, 2.75) is 17.9 Å². The van der Waals surface area contributed by atoms with Crippen LogP contribution in [0.3, 0.4) is 0 Å². The molecule has 6 heteroatoms. The van der Waals surface area contributed by atoms with Gasteiger partial charge in [0.1, 0.15) is 4.90 Å². The number of sulfone groups is 1. The van der Waals surface area contributed by atoms with Crippen LogP contribution in [0.15, 0.2) is 41.6 Å². The van der Waals surface area contributed by atoms with E-state index >= 15 is 0 Å². The Morgan fingerprint density at radius 1 is 1.33 bits per heavy atom. The van der Waals surface area contributed by atoms with E-state index in [0.717, 1.165) is 6.26 Å². The maximum absolute atomic E-state index is 11.4. The summed E-state index contributed by atoms with van der Waals surface area (Å²) in [5.74, 6) is 0. The summed E-state index contributed by atoms with van der Waals surface area (Å²) in [4.78, 5) is 0.155. The zero-order valence-electron chi connectivity index (χ0n) is 10.1. The summed E-state index contributed by atoms with van der Waals surface area (Å²) >= 11 is 0. The Hall–Kier alpha value is -1.66. The van der Waals surface area contributed by atoms with E-state index in [0.29, 0.717) is 11.3 Å².